The highest BCUT2D eigenvalue weighted by molar-refractivity contribution is 6.29. The van der Waals surface area contributed by atoms with Crippen LogP contribution in [0.3, 0.4) is 0 Å². The molecule has 1 aliphatic heterocycles. The van der Waals surface area contributed by atoms with Crippen molar-refractivity contribution in [1.29, 1.82) is 0 Å². The number of anilines is 1. The molecule has 1 fully saturated rings. The minimum absolute atomic E-state index is 0.151. The van der Waals surface area contributed by atoms with Crippen LogP contribution in [-0.2, 0) is 0 Å². The van der Waals surface area contributed by atoms with Crippen LogP contribution in [0.1, 0.15) is 36.1 Å². The number of para-hydroxylation sites is 1. The number of pyridine rings is 1. The van der Waals surface area contributed by atoms with Crippen LogP contribution in [0.5, 0.6) is 0 Å². The lowest BCUT2D eigenvalue weighted by molar-refractivity contribution is 0.710. The monoisotopic (exact) mass is 359 g/mol. The summed E-state index contributed by atoms with van der Waals surface area (Å²) in [7, 11) is 0. The third-order valence-electron chi connectivity index (χ3n) is 5.03. The van der Waals surface area contributed by atoms with E-state index in [1.54, 1.807) is 0 Å². The highest BCUT2D eigenvalue weighted by Gasteiger charge is 2.25. The second-order valence-electron chi connectivity index (χ2n) is 6.88. The molecule has 1 aromatic heterocycles. The molecular formula is C22H18ClN3. The fourth-order valence-electron chi connectivity index (χ4n) is 3.45. The number of halogens is 1. The van der Waals surface area contributed by atoms with Crippen LogP contribution in [-0.4, -0.2) is 4.98 Å². The second-order valence-corrected chi connectivity index (χ2v) is 7.27. The molecule has 1 saturated carbocycles. The van der Waals surface area contributed by atoms with Crippen LogP contribution in [0.4, 0.5) is 5.69 Å². The van der Waals surface area contributed by atoms with Crippen molar-refractivity contribution in [1.82, 2.24) is 4.98 Å². The predicted molar refractivity (Wildman–Crippen MR) is 105 cm³/mol. The molecule has 0 spiro atoms. The van der Waals surface area contributed by atoms with Gasteiger partial charge in [0, 0.05) is 28.9 Å². The number of nitrogens with zero attached hydrogens (tertiary/aromatic N) is 3. The minimum Gasteiger partial charge on any atom is -0.321 e. The quantitative estimate of drug-likeness (QED) is 0.656. The Hall–Kier alpha value is -2.65. The zero-order valence-electron chi connectivity index (χ0n) is 14.2. The van der Waals surface area contributed by atoms with E-state index in [9.17, 15) is 0 Å². The summed E-state index contributed by atoms with van der Waals surface area (Å²) < 4.78 is 0. The molecule has 0 bridgehead atoms. The van der Waals surface area contributed by atoms with Gasteiger partial charge in [-0.15, -0.1) is 0 Å². The van der Waals surface area contributed by atoms with E-state index in [1.165, 1.54) is 18.4 Å². The van der Waals surface area contributed by atoms with Crippen molar-refractivity contribution in [3.63, 3.8) is 0 Å². The molecule has 1 unspecified atom stereocenters. The lowest BCUT2D eigenvalue weighted by Gasteiger charge is -2.30. The van der Waals surface area contributed by atoms with Crippen LogP contribution < -0.4 is 15.5 Å². The summed E-state index contributed by atoms with van der Waals surface area (Å²) in [5.41, 5.74) is 3.59. The highest BCUT2D eigenvalue weighted by atomic mass is 35.5. The molecule has 0 N–H and O–H groups in total. The first-order valence-corrected chi connectivity index (χ1v) is 9.30. The number of fused-ring (bicyclic) bond motifs is 1. The molecule has 1 atom stereocenters. The molecule has 1 aliphatic carbocycles. The molecular weight excluding hydrogens is 342 g/mol. The summed E-state index contributed by atoms with van der Waals surface area (Å²) in [6.45, 7) is 0. The predicted octanol–water partition coefficient (Wildman–Crippen LogP) is 4.19. The number of rotatable bonds is 3. The lowest BCUT2D eigenvalue weighted by Crippen LogP contribution is -2.37. The van der Waals surface area contributed by atoms with Gasteiger partial charge >= 0.3 is 0 Å². The summed E-state index contributed by atoms with van der Waals surface area (Å²) in [5.74, 6) is 0.760. The molecule has 4 heteroatoms. The van der Waals surface area contributed by atoms with Gasteiger partial charge in [-0.3, -0.25) is 4.99 Å². The molecule has 2 heterocycles. The van der Waals surface area contributed by atoms with E-state index in [0.29, 0.717) is 5.15 Å². The largest absolute Gasteiger partial charge is 0.321 e. The van der Waals surface area contributed by atoms with Gasteiger partial charge in [0.25, 0.3) is 0 Å². The van der Waals surface area contributed by atoms with Gasteiger partial charge in [0.1, 0.15) is 5.15 Å². The molecule has 3 aromatic rings. The third-order valence-corrected chi connectivity index (χ3v) is 5.25. The zero-order chi connectivity index (χ0) is 17.5. The Labute approximate surface area is 157 Å². The average Bonchev–Trinajstić information content (AvgIpc) is 3.53. The van der Waals surface area contributed by atoms with E-state index in [1.807, 2.05) is 30.5 Å². The van der Waals surface area contributed by atoms with Gasteiger partial charge in [-0.1, -0.05) is 48.0 Å². The van der Waals surface area contributed by atoms with E-state index in [2.05, 4.69) is 52.5 Å². The molecule has 0 amide bonds. The topological polar surface area (TPSA) is 28.5 Å². The van der Waals surface area contributed by atoms with Crippen molar-refractivity contribution in [2.24, 2.45) is 4.99 Å². The smallest absolute Gasteiger partial charge is 0.153 e. The Bertz CT molecular complexity index is 1050. The molecule has 0 saturated heterocycles. The van der Waals surface area contributed by atoms with Crippen molar-refractivity contribution in [3.05, 3.63) is 93.7 Å². The van der Waals surface area contributed by atoms with Gasteiger partial charge in [0.2, 0.25) is 0 Å². The Kier molecular flexibility index (Phi) is 3.75. The number of hydrogen-bond donors (Lipinski definition) is 0. The van der Waals surface area contributed by atoms with E-state index in [4.69, 9.17) is 16.6 Å². The van der Waals surface area contributed by atoms with Crippen molar-refractivity contribution >= 4 is 23.5 Å². The van der Waals surface area contributed by atoms with Gasteiger partial charge in [0.15, 0.2) is 6.17 Å². The SMILES string of the molecule is Clc1ccc(C2N=c3ccccc3=CN2c2ccc(C3CC3)cc2)cn1. The maximum Gasteiger partial charge on any atom is 0.153 e. The fraction of sp³-hybridized carbons (Fsp3) is 0.182. The molecule has 2 aromatic carbocycles. The van der Waals surface area contributed by atoms with Gasteiger partial charge in [-0.05, 0) is 48.6 Å². The maximum absolute atomic E-state index is 5.97. The van der Waals surface area contributed by atoms with Gasteiger partial charge in [-0.2, -0.15) is 0 Å². The first kappa shape index (κ1) is 15.6. The summed E-state index contributed by atoms with van der Waals surface area (Å²) in [4.78, 5) is 11.4. The minimum atomic E-state index is -0.151. The summed E-state index contributed by atoms with van der Waals surface area (Å²) in [6, 6.07) is 20.9. The van der Waals surface area contributed by atoms with Crippen LogP contribution in [0.2, 0.25) is 5.15 Å². The van der Waals surface area contributed by atoms with Crippen molar-refractivity contribution < 1.29 is 0 Å². The van der Waals surface area contributed by atoms with Crippen LogP contribution in [0.15, 0.2) is 71.9 Å². The summed E-state index contributed by atoms with van der Waals surface area (Å²) >= 11 is 5.97. The Morgan fingerprint density at radius 2 is 1.65 bits per heavy atom. The normalized spacial score (nSPS) is 18.7. The third kappa shape index (κ3) is 2.89. The van der Waals surface area contributed by atoms with Crippen LogP contribution >= 0.6 is 11.6 Å². The molecule has 5 rings (SSSR count). The standard InChI is InChI=1S/C22H18ClN3/c23-21-12-9-17(13-24-21)22-25-20-4-2-1-3-18(20)14-26(22)19-10-7-16(8-11-19)15-5-6-15/h1-4,7-15,22H,5-6H2. The fourth-order valence-corrected chi connectivity index (χ4v) is 3.57. The van der Waals surface area contributed by atoms with Crippen molar-refractivity contribution in [2.75, 3.05) is 4.90 Å². The average molecular weight is 360 g/mol. The molecule has 3 nitrogen and oxygen atoms in total. The van der Waals surface area contributed by atoms with E-state index >= 15 is 0 Å². The molecule has 2 aliphatic rings. The first-order chi connectivity index (χ1) is 12.8. The highest BCUT2D eigenvalue weighted by Crippen LogP contribution is 2.41. The van der Waals surface area contributed by atoms with Crippen molar-refractivity contribution in [3.8, 4) is 0 Å². The van der Waals surface area contributed by atoms with E-state index < -0.39 is 0 Å². The number of aromatic nitrogens is 1. The van der Waals surface area contributed by atoms with Gasteiger partial charge in [0.05, 0.1) is 5.36 Å². The van der Waals surface area contributed by atoms with Crippen molar-refractivity contribution in [2.45, 2.75) is 24.9 Å². The summed E-state index contributed by atoms with van der Waals surface area (Å²) in [5, 5.41) is 2.62. The Balaban J connectivity index is 1.61. The second kappa shape index (κ2) is 6.26. The van der Waals surface area contributed by atoms with Crippen LogP contribution in [0, 0.1) is 0 Å². The molecule has 128 valence electrons. The maximum atomic E-state index is 5.97. The van der Waals surface area contributed by atoms with Gasteiger partial charge in [-0.25, -0.2) is 4.98 Å². The number of benzene rings is 2. The molecule has 26 heavy (non-hydrogen) atoms. The Morgan fingerprint density at radius 1 is 0.885 bits per heavy atom. The van der Waals surface area contributed by atoms with E-state index in [0.717, 1.165) is 27.7 Å². The summed E-state index contributed by atoms with van der Waals surface area (Å²) in [6.07, 6.45) is 6.47. The molecule has 0 radical (unpaired) electrons. The lowest BCUT2D eigenvalue weighted by atomic mass is 10.1. The zero-order valence-corrected chi connectivity index (χ0v) is 15.0. The first-order valence-electron chi connectivity index (χ1n) is 8.92. The number of hydrogen-bond acceptors (Lipinski definition) is 3. The van der Waals surface area contributed by atoms with E-state index in [-0.39, 0.29) is 6.17 Å². The van der Waals surface area contributed by atoms with Gasteiger partial charge < -0.3 is 4.90 Å². The Morgan fingerprint density at radius 3 is 2.38 bits per heavy atom. The van der Waals surface area contributed by atoms with Crippen LogP contribution in [0.25, 0.3) is 6.20 Å².